The highest BCUT2D eigenvalue weighted by Crippen LogP contribution is 2.05. The lowest BCUT2D eigenvalue weighted by atomic mass is 10.1. The zero-order valence-electron chi connectivity index (χ0n) is 15.1. The van der Waals surface area contributed by atoms with E-state index in [2.05, 4.69) is 10.3 Å². The molecule has 1 heterocycles. The van der Waals surface area contributed by atoms with Crippen LogP contribution in [-0.2, 0) is 17.8 Å². The molecule has 3 aromatic rings. The zero-order valence-corrected chi connectivity index (χ0v) is 15.1. The zero-order chi connectivity index (χ0) is 19.1. The molecule has 27 heavy (non-hydrogen) atoms. The standard InChI is InChI=1S/C20H23N5O2/c21-12-15-24(13-10-16-6-2-1-3-7-16)19(26)11-14-25-20(27)17-8-4-5-9-18(17)22-23-25/h1-9H,10-15,21H2. The summed E-state index contributed by atoms with van der Waals surface area (Å²) in [6.45, 7) is 1.68. The van der Waals surface area contributed by atoms with Gasteiger partial charge in [-0.3, -0.25) is 9.59 Å². The first-order valence-corrected chi connectivity index (χ1v) is 9.03. The van der Waals surface area contributed by atoms with E-state index in [1.165, 1.54) is 10.2 Å². The number of hydrogen-bond acceptors (Lipinski definition) is 5. The van der Waals surface area contributed by atoms with E-state index in [4.69, 9.17) is 5.73 Å². The lowest BCUT2D eigenvalue weighted by Crippen LogP contribution is -2.38. The molecule has 1 aromatic heterocycles. The summed E-state index contributed by atoms with van der Waals surface area (Å²) < 4.78 is 1.25. The van der Waals surface area contributed by atoms with Crippen molar-refractivity contribution in [1.82, 2.24) is 19.9 Å². The van der Waals surface area contributed by atoms with Crippen LogP contribution in [0.2, 0.25) is 0 Å². The fraction of sp³-hybridized carbons (Fsp3) is 0.300. The van der Waals surface area contributed by atoms with Crippen LogP contribution in [0.1, 0.15) is 12.0 Å². The molecular weight excluding hydrogens is 342 g/mol. The number of hydrogen-bond donors (Lipinski definition) is 1. The van der Waals surface area contributed by atoms with Crippen molar-refractivity contribution in [2.24, 2.45) is 5.73 Å². The van der Waals surface area contributed by atoms with E-state index < -0.39 is 0 Å². The molecular formula is C20H23N5O2. The molecule has 1 amide bonds. The summed E-state index contributed by atoms with van der Waals surface area (Å²) in [6.07, 6.45) is 0.948. The first kappa shape index (κ1) is 18.7. The summed E-state index contributed by atoms with van der Waals surface area (Å²) in [5.41, 5.74) is 7.15. The molecule has 7 nitrogen and oxygen atoms in total. The molecule has 0 spiro atoms. The number of nitrogens with two attached hydrogens (primary N) is 1. The Kier molecular flexibility index (Phi) is 6.27. The van der Waals surface area contributed by atoms with E-state index in [-0.39, 0.29) is 24.4 Å². The van der Waals surface area contributed by atoms with Crippen LogP contribution in [0.5, 0.6) is 0 Å². The SMILES string of the molecule is NCCN(CCc1ccccc1)C(=O)CCn1nnc2ccccc2c1=O. The highest BCUT2D eigenvalue weighted by atomic mass is 16.2. The molecule has 2 N–H and O–H groups in total. The summed E-state index contributed by atoms with van der Waals surface area (Å²) in [6, 6.07) is 17.1. The van der Waals surface area contributed by atoms with Gasteiger partial charge in [-0.05, 0) is 24.1 Å². The van der Waals surface area contributed by atoms with Crippen molar-refractivity contribution in [3.63, 3.8) is 0 Å². The van der Waals surface area contributed by atoms with Gasteiger partial charge in [-0.1, -0.05) is 47.7 Å². The van der Waals surface area contributed by atoms with Crippen LogP contribution in [0.25, 0.3) is 10.9 Å². The van der Waals surface area contributed by atoms with Crippen LogP contribution >= 0.6 is 0 Å². The van der Waals surface area contributed by atoms with E-state index >= 15 is 0 Å². The van der Waals surface area contributed by atoms with Gasteiger partial charge in [0.15, 0.2) is 0 Å². The summed E-state index contributed by atoms with van der Waals surface area (Å²) in [5, 5.41) is 8.48. The number of aryl methyl sites for hydroxylation is 1. The van der Waals surface area contributed by atoms with Gasteiger partial charge in [0.05, 0.1) is 11.9 Å². The second-order valence-corrected chi connectivity index (χ2v) is 6.29. The third-order valence-corrected chi connectivity index (χ3v) is 4.43. The van der Waals surface area contributed by atoms with E-state index in [0.717, 1.165) is 6.42 Å². The molecule has 0 unspecified atom stereocenters. The molecule has 7 heteroatoms. The predicted octanol–water partition coefficient (Wildman–Crippen LogP) is 1.21. The van der Waals surface area contributed by atoms with Crippen molar-refractivity contribution in [3.8, 4) is 0 Å². The third-order valence-electron chi connectivity index (χ3n) is 4.43. The number of nitrogens with zero attached hydrogens (tertiary/aromatic N) is 4. The van der Waals surface area contributed by atoms with Crippen LogP contribution in [0.4, 0.5) is 0 Å². The molecule has 2 aromatic carbocycles. The Bertz CT molecular complexity index is 955. The van der Waals surface area contributed by atoms with Crippen molar-refractivity contribution in [3.05, 3.63) is 70.5 Å². The van der Waals surface area contributed by atoms with Gasteiger partial charge in [-0.25, -0.2) is 4.68 Å². The number of amides is 1. The molecule has 0 aliphatic carbocycles. The van der Waals surface area contributed by atoms with Gasteiger partial charge in [-0.2, -0.15) is 0 Å². The van der Waals surface area contributed by atoms with Crippen LogP contribution in [-0.4, -0.2) is 45.4 Å². The fourth-order valence-corrected chi connectivity index (χ4v) is 2.96. The molecule has 3 rings (SSSR count). The van der Waals surface area contributed by atoms with Crippen molar-refractivity contribution in [2.75, 3.05) is 19.6 Å². The molecule has 140 valence electrons. The van der Waals surface area contributed by atoms with Gasteiger partial charge < -0.3 is 10.6 Å². The van der Waals surface area contributed by atoms with E-state index in [1.807, 2.05) is 36.4 Å². The average molecular weight is 365 g/mol. The lowest BCUT2D eigenvalue weighted by molar-refractivity contribution is -0.131. The first-order chi connectivity index (χ1) is 13.2. The van der Waals surface area contributed by atoms with Crippen molar-refractivity contribution >= 4 is 16.8 Å². The van der Waals surface area contributed by atoms with Crippen LogP contribution in [0.15, 0.2) is 59.4 Å². The molecule has 0 bridgehead atoms. The van der Waals surface area contributed by atoms with E-state index in [0.29, 0.717) is 30.5 Å². The second-order valence-electron chi connectivity index (χ2n) is 6.29. The summed E-state index contributed by atoms with van der Waals surface area (Å²) >= 11 is 0. The topological polar surface area (TPSA) is 94.1 Å². The fourth-order valence-electron chi connectivity index (χ4n) is 2.96. The second kappa shape index (κ2) is 9.05. The van der Waals surface area contributed by atoms with Gasteiger partial charge in [0, 0.05) is 26.1 Å². The number of rotatable bonds is 8. The normalized spacial score (nSPS) is 10.9. The maximum Gasteiger partial charge on any atom is 0.277 e. The van der Waals surface area contributed by atoms with Gasteiger partial charge >= 0.3 is 0 Å². The summed E-state index contributed by atoms with van der Waals surface area (Å²) in [5.74, 6) is -0.0433. The Morgan fingerprint density at radius 3 is 2.56 bits per heavy atom. The first-order valence-electron chi connectivity index (χ1n) is 9.03. The number of carbonyl (C=O) groups excluding carboxylic acids is 1. The molecule has 0 atom stereocenters. The van der Waals surface area contributed by atoms with Crippen LogP contribution in [0, 0.1) is 0 Å². The number of aromatic nitrogens is 3. The molecule has 0 aliphatic rings. The van der Waals surface area contributed by atoms with Crippen molar-refractivity contribution in [2.45, 2.75) is 19.4 Å². The number of benzene rings is 2. The Hall–Kier alpha value is -3.06. The van der Waals surface area contributed by atoms with Crippen LogP contribution < -0.4 is 11.3 Å². The summed E-state index contributed by atoms with van der Waals surface area (Å²) in [4.78, 5) is 26.8. The Morgan fingerprint density at radius 1 is 1.04 bits per heavy atom. The van der Waals surface area contributed by atoms with Crippen molar-refractivity contribution in [1.29, 1.82) is 0 Å². The molecule has 0 radical (unpaired) electrons. The highest BCUT2D eigenvalue weighted by Gasteiger charge is 2.14. The van der Waals surface area contributed by atoms with Gasteiger partial charge in [-0.15, -0.1) is 5.10 Å². The smallest absolute Gasteiger partial charge is 0.277 e. The number of carbonyl (C=O) groups is 1. The third kappa shape index (κ3) is 4.77. The summed E-state index contributed by atoms with van der Waals surface area (Å²) in [7, 11) is 0. The Labute approximate surface area is 157 Å². The van der Waals surface area contributed by atoms with Gasteiger partial charge in [0.2, 0.25) is 5.91 Å². The van der Waals surface area contributed by atoms with Crippen molar-refractivity contribution < 1.29 is 4.79 Å². The number of fused-ring (bicyclic) bond motifs is 1. The molecule has 0 saturated heterocycles. The maximum absolute atomic E-state index is 12.6. The van der Waals surface area contributed by atoms with E-state index in [1.54, 1.807) is 23.1 Å². The maximum atomic E-state index is 12.6. The highest BCUT2D eigenvalue weighted by molar-refractivity contribution is 5.77. The lowest BCUT2D eigenvalue weighted by Gasteiger charge is -2.22. The van der Waals surface area contributed by atoms with Gasteiger partial charge in [0.25, 0.3) is 5.56 Å². The minimum Gasteiger partial charge on any atom is -0.341 e. The van der Waals surface area contributed by atoms with Gasteiger partial charge in [0.1, 0.15) is 5.52 Å². The van der Waals surface area contributed by atoms with Crippen LogP contribution in [0.3, 0.4) is 0 Å². The monoisotopic (exact) mass is 365 g/mol. The average Bonchev–Trinajstić information content (AvgIpc) is 2.71. The minimum absolute atomic E-state index is 0.0433. The largest absolute Gasteiger partial charge is 0.341 e. The molecule has 0 saturated carbocycles. The Balaban J connectivity index is 1.64. The molecule has 0 aliphatic heterocycles. The predicted molar refractivity (Wildman–Crippen MR) is 104 cm³/mol. The Morgan fingerprint density at radius 2 is 1.78 bits per heavy atom. The minimum atomic E-state index is -0.233. The molecule has 0 fully saturated rings. The van der Waals surface area contributed by atoms with E-state index in [9.17, 15) is 9.59 Å². The quantitative estimate of drug-likeness (QED) is 0.648.